The first-order chi connectivity index (χ1) is 12.6. The lowest BCUT2D eigenvalue weighted by molar-refractivity contribution is -0.152. The summed E-state index contributed by atoms with van der Waals surface area (Å²) in [4.78, 5) is 37.8. The van der Waals surface area contributed by atoms with Crippen LogP contribution in [0.15, 0.2) is 48.5 Å². The Hall–Kier alpha value is -3.15. The number of aryl methyl sites for hydroxylation is 1. The van der Waals surface area contributed by atoms with Crippen LogP contribution in [0, 0.1) is 0 Å². The van der Waals surface area contributed by atoms with Crippen LogP contribution in [-0.2, 0) is 20.7 Å². The molecule has 3 rings (SSSR count). The highest BCUT2D eigenvalue weighted by Crippen LogP contribution is 2.30. The third-order valence-corrected chi connectivity index (χ3v) is 4.18. The van der Waals surface area contributed by atoms with Gasteiger partial charge in [0.05, 0.1) is 6.61 Å². The van der Waals surface area contributed by atoms with Crippen molar-refractivity contribution in [1.82, 2.24) is 0 Å². The zero-order chi connectivity index (χ0) is 18.5. The van der Waals surface area contributed by atoms with Crippen LogP contribution in [0.3, 0.4) is 0 Å². The smallest absolute Gasteiger partial charge is 0.397 e. The van der Waals surface area contributed by atoms with Crippen molar-refractivity contribution in [3.63, 3.8) is 0 Å². The van der Waals surface area contributed by atoms with E-state index in [9.17, 15) is 14.4 Å². The maximum atomic E-state index is 12.8. The van der Waals surface area contributed by atoms with Crippen molar-refractivity contribution in [2.75, 3.05) is 23.4 Å². The number of amides is 2. The minimum absolute atomic E-state index is 0.0464. The highest BCUT2D eigenvalue weighted by Gasteiger charge is 2.24. The average molecular weight is 352 g/mol. The second-order valence-corrected chi connectivity index (χ2v) is 5.94. The maximum absolute atomic E-state index is 12.8. The molecule has 1 N–H and O–H groups in total. The topological polar surface area (TPSA) is 75.7 Å². The molecule has 1 aliphatic rings. The largest absolute Gasteiger partial charge is 0.459 e. The summed E-state index contributed by atoms with van der Waals surface area (Å²) < 4.78 is 4.68. The molecule has 2 amide bonds. The quantitative estimate of drug-likeness (QED) is 0.681. The Kier molecular flexibility index (Phi) is 5.31. The summed E-state index contributed by atoms with van der Waals surface area (Å²) in [6.45, 7) is 2.44. The van der Waals surface area contributed by atoms with Crippen LogP contribution in [0.5, 0.6) is 0 Å². The number of benzene rings is 2. The van der Waals surface area contributed by atoms with Crippen LogP contribution in [0.2, 0.25) is 0 Å². The van der Waals surface area contributed by atoms with E-state index >= 15 is 0 Å². The summed E-state index contributed by atoms with van der Waals surface area (Å²) >= 11 is 0. The number of rotatable bonds is 3. The Labute approximate surface area is 151 Å². The van der Waals surface area contributed by atoms with Crippen LogP contribution in [0.1, 0.15) is 29.3 Å². The fourth-order valence-electron chi connectivity index (χ4n) is 3.00. The second-order valence-electron chi connectivity index (χ2n) is 5.94. The van der Waals surface area contributed by atoms with Crippen molar-refractivity contribution in [3.05, 3.63) is 59.7 Å². The summed E-state index contributed by atoms with van der Waals surface area (Å²) in [5, 5.41) is 2.54. The van der Waals surface area contributed by atoms with Gasteiger partial charge in [-0.15, -0.1) is 0 Å². The standard InChI is InChI=1S/C20H20N2O4/c1-2-26-20(25)18(23)21-16-10-11-17-15(13-16)9-6-12-22(17)19(24)14-7-4-3-5-8-14/h3-5,7-8,10-11,13H,2,6,9,12H2,1H3,(H,21,23). The molecule has 0 saturated heterocycles. The third-order valence-electron chi connectivity index (χ3n) is 4.18. The lowest BCUT2D eigenvalue weighted by Crippen LogP contribution is -2.35. The Morgan fingerprint density at radius 2 is 1.88 bits per heavy atom. The summed E-state index contributed by atoms with van der Waals surface area (Å²) in [5.41, 5.74) is 2.94. The van der Waals surface area contributed by atoms with Crippen LogP contribution in [-0.4, -0.2) is 30.9 Å². The fourth-order valence-corrected chi connectivity index (χ4v) is 3.00. The molecule has 2 aromatic rings. The van der Waals surface area contributed by atoms with E-state index in [1.165, 1.54) is 0 Å². The molecule has 0 atom stereocenters. The van der Waals surface area contributed by atoms with Crippen LogP contribution in [0.4, 0.5) is 11.4 Å². The van der Waals surface area contributed by atoms with Crippen molar-refractivity contribution >= 4 is 29.2 Å². The van der Waals surface area contributed by atoms with Gasteiger partial charge in [-0.1, -0.05) is 18.2 Å². The van der Waals surface area contributed by atoms with E-state index < -0.39 is 11.9 Å². The molecule has 134 valence electrons. The SMILES string of the molecule is CCOC(=O)C(=O)Nc1ccc2c(c1)CCCN2C(=O)c1ccccc1. The van der Waals surface area contributed by atoms with E-state index in [1.807, 2.05) is 18.2 Å². The highest BCUT2D eigenvalue weighted by atomic mass is 16.5. The number of esters is 1. The van der Waals surface area contributed by atoms with Crippen molar-refractivity contribution in [2.45, 2.75) is 19.8 Å². The number of fused-ring (bicyclic) bond motifs is 1. The molecule has 0 unspecified atom stereocenters. The van der Waals surface area contributed by atoms with Gasteiger partial charge in [0.25, 0.3) is 5.91 Å². The average Bonchev–Trinajstić information content (AvgIpc) is 2.67. The molecule has 0 spiro atoms. The Balaban J connectivity index is 1.80. The zero-order valence-electron chi connectivity index (χ0n) is 14.5. The number of hydrogen-bond acceptors (Lipinski definition) is 4. The van der Waals surface area contributed by atoms with Crippen molar-refractivity contribution < 1.29 is 19.1 Å². The van der Waals surface area contributed by atoms with Crippen molar-refractivity contribution in [1.29, 1.82) is 0 Å². The van der Waals surface area contributed by atoms with Gasteiger partial charge in [0.1, 0.15) is 0 Å². The number of nitrogens with one attached hydrogen (secondary N) is 1. The van der Waals surface area contributed by atoms with E-state index in [1.54, 1.807) is 42.2 Å². The third kappa shape index (κ3) is 3.74. The van der Waals surface area contributed by atoms with E-state index in [2.05, 4.69) is 10.1 Å². The maximum Gasteiger partial charge on any atom is 0.397 e. The Bertz CT molecular complexity index is 833. The number of hydrogen-bond donors (Lipinski definition) is 1. The molecule has 1 aliphatic heterocycles. The monoisotopic (exact) mass is 352 g/mol. The normalized spacial score (nSPS) is 12.9. The first-order valence-electron chi connectivity index (χ1n) is 8.58. The van der Waals surface area contributed by atoms with Gasteiger partial charge in [-0.2, -0.15) is 0 Å². The van der Waals surface area contributed by atoms with Crippen molar-refractivity contribution in [3.8, 4) is 0 Å². The first-order valence-corrected chi connectivity index (χ1v) is 8.58. The minimum atomic E-state index is -0.911. The first kappa shape index (κ1) is 17.7. The summed E-state index contributed by atoms with van der Waals surface area (Å²) in [5.74, 6) is -1.76. The molecular weight excluding hydrogens is 332 g/mol. The van der Waals surface area contributed by atoms with Gasteiger partial charge < -0.3 is 15.0 Å². The van der Waals surface area contributed by atoms with Gasteiger partial charge in [-0.25, -0.2) is 4.79 Å². The number of anilines is 2. The Morgan fingerprint density at radius 1 is 1.12 bits per heavy atom. The predicted molar refractivity (Wildman–Crippen MR) is 98.1 cm³/mol. The number of carbonyl (C=O) groups excluding carboxylic acids is 3. The van der Waals surface area contributed by atoms with E-state index in [4.69, 9.17) is 0 Å². The van der Waals surface area contributed by atoms with Crippen molar-refractivity contribution in [2.24, 2.45) is 0 Å². The van der Waals surface area contributed by atoms with Gasteiger partial charge in [0, 0.05) is 23.5 Å². The fraction of sp³-hybridized carbons (Fsp3) is 0.250. The molecule has 0 fully saturated rings. The molecule has 0 radical (unpaired) electrons. The van der Waals surface area contributed by atoms with Gasteiger partial charge in [-0.05, 0) is 55.7 Å². The lowest BCUT2D eigenvalue weighted by atomic mass is 10.00. The Morgan fingerprint density at radius 3 is 2.62 bits per heavy atom. The number of nitrogens with zero attached hydrogens (tertiary/aromatic N) is 1. The van der Waals surface area contributed by atoms with E-state index in [0.29, 0.717) is 17.8 Å². The molecule has 26 heavy (non-hydrogen) atoms. The molecule has 0 aromatic heterocycles. The van der Waals surface area contributed by atoms with Gasteiger partial charge in [0.15, 0.2) is 0 Å². The summed E-state index contributed by atoms with van der Waals surface area (Å²) in [6, 6.07) is 14.4. The minimum Gasteiger partial charge on any atom is -0.459 e. The van der Waals surface area contributed by atoms with Gasteiger partial charge >= 0.3 is 11.9 Å². The molecule has 0 bridgehead atoms. The van der Waals surface area contributed by atoms with Gasteiger partial charge in [-0.3, -0.25) is 9.59 Å². The van der Waals surface area contributed by atoms with Crippen LogP contribution in [0.25, 0.3) is 0 Å². The predicted octanol–water partition coefficient (Wildman–Crippen LogP) is 2.78. The van der Waals surface area contributed by atoms with Crippen LogP contribution >= 0.6 is 0 Å². The number of carbonyl (C=O) groups is 3. The summed E-state index contributed by atoms with van der Waals surface area (Å²) in [7, 11) is 0. The van der Waals surface area contributed by atoms with E-state index in [-0.39, 0.29) is 12.5 Å². The van der Waals surface area contributed by atoms with Gasteiger partial charge in [0.2, 0.25) is 0 Å². The molecule has 2 aromatic carbocycles. The second kappa shape index (κ2) is 7.82. The molecule has 0 saturated carbocycles. The molecule has 6 heteroatoms. The molecular formula is C20H20N2O4. The molecule has 1 heterocycles. The summed E-state index contributed by atoms with van der Waals surface area (Å²) in [6.07, 6.45) is 1.64. The zero-order valence-corrected chi connectivity index (χ0v) is 14.5. The van der Waals surface area contributed by atoms with E-state index in [0.717, 1.165) is 24.1 Å². The molecule has 6 nitrogen and oxygen atoms in total. The molecule has 0 aliphatic carbocycles. The number of ether oxygens (including phenoxy) is 1. The highest BCUT2D eigenvalue weighted by molar-refractivity contribution is 6.37. The van der Waals surface area contributed by atoms with Crippen LogP contribution < -0.4 is 10.2 Å². The lowest BCUT2D eigenvalue weighted by Gasteiger charge is -2.30.